The molecule has 32 heavy (non-hydrogen) atoms. The van der Waals surface area contributed by atoms with Gasteiger partial charge in [-0.2, -0.15) is 0 Å². The van der Waals surface area contributed by atoms with Crippen LogP contribution in [0.5, 0.6) is 0 Å². The molecule has 2 aromatic rings. The summed E-state index contributed by atoms with van der Waals surface area (Å²) in [6.45, 7) is 4.60. The van der Waals surface area contributed by atoms with Gasteiger partial charge in [-0.25, -0.2) is 0 Å². The molecule has 0 unspecified atom stereocenters. The molecule has 0 amide bonds. The van der Waals surface area contributed by atoms with Gasteiger partial charge in [0.05, 0.1) is 13.2 Å². The van der Waals surface area contributed by atoms with Gasteiger partial charge < -0.3 is 10.1 Å². The van der Waals surface area contributed by atoms with Crippen LogP contribution in [0.15, 0.2) is 59.3 Å². The highest BCUT2D eigenvalue weighted by Gasteiger charge is 2.30. The number of hydrogen-bond acceptors (Lipinski definition) is 6. The van der Waals surface area contributed by atoms with E-state index in [1.807, 2.05) is 12.1 Å². The number of nitrogens with zero attached hydrogens (tertiary/aromatic N) is 1. The van der Waals surface area contributed by atoms with Crippen molar-refractivity contribution in [1.82, 2.24) is 10.2 Å². The molecule has 6 nitrogen and oxygen atoms in total. The summed E-state index contributed by atoms with van der Waals surface area (Å²) in [6.07, 6.45) is 1.33. The van der Waals surface area contributed by atoms with Crippen LogP contribution < -0.4 is 5.32 Å². The topological polar surface area (TPSA) is 75.7 Å². The summed E-state index contributed by atoms with van der Waals surface area (Å²) in [5.74, 6) is -0.534. The minimum absolute atomic E-state index is 0.0965. The number of nitrogens with one attached hydrogen (secondary N) is 1. The third kappa shape index (κ3) is 4.99. The maximum absolute atomic E-state index is 12.7. The highest BCUT2D eigenvalue weighted by atomic mass is 35.5. The maximum atomic E-state index is 12.7. The molecule has 166 valence electrons. The lowest BCUT2D eigenvalue weighted by molar-refractivity contribution is 0.0371. The first-order valence-electron chi connectivity index (χ1n) is 10.8. The normalized spacial score (nSPS) is 16.8. The summed E-state index contributed by atoms with van der Waals surface area (Å²) in [5.41, 5.74) is 2.34. The van der Waals surface area contributed by atoms with Crippen LogP contribution in [0, 0.1) is 0 Å². The van der Waals surface area contributed by atoms with Crippen LogP contribution in [0.1, 0.15) is 49.5 Å². The van der Waals surface area contributed by atoms with Crippen molar-refractivity contribution in [1.29, 1.82) is 0 Å². The molecular weight excluding hydrogens is 428 g/mol. The molecule has 1 saturated heterocycles. The van der Waals surface area contributed by atoms with Crippen molar-refractivity contribution >= 4 is 29.0 Å². The van der Waals surface area contributed by atoms with E-state index >= 15 is 0 Å². The Morgan fingerprint density at radius 1 is 0.969 bits per heavy atom. The van der Waals surface area contributed by atoms with Crippen LogP contribution in [-0.4, -0.2) is 55.1 Å². The average Bonchev–Trinajstić information content (AvgIpc) is 2.83. The van der Waals surface area contributed by atoms with Gasteiger partial charge in [0, 0.05) is 42.7 Å². The predicted molar refractivity (Wildman–Crippen MR) is 122 cm³/mol. The Morgan fingerprint density at radius 3 is 2.31 bits per heavy atom. The van der Waals surface area contributed by atoms with Gasteiger partial charge in [0.25, 0.3) is 0 Å². The number of allylic oxidation sites excluding steroid dienone is 2. The molecule has 1 N–H and O–H groups in total. The van der Waals surface area contributed by atoms with Crippen LogP contribution in [0.3, 0.4) is 0 Å². The fourth-order valence-corrected chi connectivity index (χ4v) is 4.19. The Morgan fingerprint density at radius 2 is 1.62 bits per heavy atom. The Hall–Kier alpha value is -2.80. The first-order chi connectivity index (χ1) is 15.5. The molecule has 0 aromatic heterocycles. The van der Waals surface area contributed by atoms with E-state index in [0.29, 0.717) is 29.7 Å². The molecule has 0 atom stereocenters. The molecule has 2 aliphatic rings. The molecule has 7 heteroatoms. The zero-order chi connectivity index (χ0) is 22.5. The summed E-state index contributed by atoms with van der Waals surface area (Å²) in [6, 6.07) is 13.9. The van der Waals surface area contributed by atoms with Crippen LogP contribution in [-0.2, 0) is 11.3 Å². The number of ketones is 3. The fourth-order valence-electron chi connectivity index (χ4n) is 3.93. The molecule has 0 bridgehead atoms. The van der Waals surface area contributed by atoms with E-state index in [2.05, 4.69) is 10.2 Å². The molecule has 2 aromatic carbocycles. The molecule has 0 spiro atoms. The fraction of sp³-hybridized carbons (Fsp3) is 0.320. The van der Waals surface area contributed by atoms with Crippen molar-refractivity contribution < 1.29 is 19.1 Å². The number of hydrogen-bond donors (Lipinski definition) is 1. The summed E-state index contributed by atoms with van der Waals surface area (Å²) < 4.78 is 5.34. The molecule has 1 aliphatic carbocycles. The van der Waals surface area contributed by atoms with Gasteiger partial charge in [0.1, 0.15) is 10.7 Å². The van der Waals surface area contributed by atoms with E-state index in [4.69, 9.17) is 16.3 Å². The van der Waals surface area contributed by atoms with E-state index < -0.39 is 0 Å². The Balaban J connectivity index is 1.32. The van der Waals surface area contributed by atoms with Gasteiger partial charge in [-0.15, -0.1) is 0 Å². The molecule has 4 rings (SSSR count). The predicted octanol–water partition coefficient (Wildman–Crippen LogP) is 3.60. The van der Waals surface area contributed by atoms with Crippen LogP contribution >= 0.6 is 11.6 Å². The first-order valence-corrected chi connectivity index (χ1v) is 11.2. The summed E-state index contributed by atoms with van der Waals surface area (Å²) in [5, 5.41) is 2.91. The molecule has 1 aliphatic heterocycles. The SMILES string of the molecule is O=C(CCCN1CCOCC1)c1ccc(CNC2=C(Cl)C(=O)c3ccccc3C2=O)cc1. The van der Waals surface area contributed by atoms with E-state index in [9.17, 15) is 14.4 Å². The molecule has 1 heterocycles. The van der Waals surface area contributed by atoms with Crippen molar-refractivity contribution in [2.45, 2.75) is 19.4 Å². The van der Waals surface area contributed by atoms with E-state index in [0.717, 1.165) is 44.8 Å². The lowest BCUT2D eigenvalue weighted by atomic mass is 9.92. The van der Waals surface area contributed by atoms with Gasteiger partial charge >= 0.3 is 0 Å². The van der Waals surface area contributed by atoms with E-state index in [1.165, 1.54) is 0 Å². The number of fused-ring (bicyclic) bond motifs is 1. The number of carbonyl (C=O) groups is 3. The molecular formula is C25H25ClN2O4. The van der Waals surface area contributed by atoms with Crippen LogP contribution in [0.2, 0.25) is 0 Å². The van der Waals surface area contributed by atoms with Gasteiger partial charge in [-0.3, -0.25) is 19.3 Å². The monoisotopic (exact) mass is 452 g/mol. The lowest BCUT2D eigenvalue weighted by Crippen LogP contribution is -2.36. The Bertz CT molecular complexity index is 1060. The van der Waals surface area contributed by atoms with Crippen LogP contribution in [0.4, 0.5) is 0 Å². The molecule has 1 fully saturated rings. The largest absolute Gasteiger partial charge is 0.379 e. The second kappa shape index (κ2) is 10.2. The van der Waals surface area contributed by atoms with Crippen molar-refractivity contribution in [3.63, 3.8) is 0 Å². The average molecular weight is 453 g/mol. The minimum Gasteiger partial charge on any atom is -0.379 e. The highest BCUT2D eigenvalue weighted by Crippen LogP contribution is 2.27. The highest BCUT2D eigenvalue weighted by molar-refractivity contribution is 6.49. The second-order valence-electron chi connectivity index (χ2n) is 7.92. The van der Waals surface area contributed by atoms with Crippen molar-refractivity contribution in [2.24, 2.45) is 0 Å². The molecule has 0 radical (unpaired) electrons. The lowest BCUT2D eigenvalue weighted by Gasteiger charge is -2.26. The smallest absolute Gasteiger partial charge is 0.211 e. The number of halogens is 1. The third-order valence-corrected chi connectivity index (χ3v) is 6.15. The quantitative estimate of drug-likeness (QED) is 0.617. The summed E-state index contributed by atoms with van der Waals surface area (Å²) >= 11 is 6.19. The number of Topliss-reactive ketones (excluding diaryl/α,β-unsaturated/α-hetero) is 3. The van der Waals surface area contributed by atoms with Crippen LogP contribution in [0.25, 0.3) is 0 Å². The number of ether oxygens (including phenoxy) is 1. The third-order valence-electron chi connectivity index (χ3n) is 5.79. The van der Waals surface area contributed by atoms with Crippen molar-refractivity contribution in [2.75, 3.05) is 32.8 Å². The molecule has 0 saturated carbocycles. The van der Waals surface area contributed by atoms with Gasteiger partial charge in [0.2, 0.25) is 11.6 Å². The second-order valence-corrected chi connectivity index (χ2v) is 8.30. The first kappa shape index (κ1) is 22.4. The standard InChI is InChI=1S/C25H25ClN2O4/c26-22-23(25(31)20-5-2-1-4-19(20)24(22)30)27-16-17-7-9-18(10-8-17)21(29)6-3-11-28-12-14-32-15-13-28/h1-2,4-5,7-10,27H,3,6,11-16H2. The maximum Gasteiger partial charge on any atom is 0.211 e. The van der Waals surface area contributed by atoms with Crippen molar-refractivity contribution in [3.05, 3.63) is 81.5 Å². The van der Waals surface area contributed by atoms with Crippen molar-refractivity contribution in [3.8, 4) is 0 Å². The number of morpholine rings is 1. The summed E-state index contributed by atoms with van der Waals surface area (Å²) in [7, 11) is 0. The Labute approximate surface area is 192 Å². The zero-order valence-corrected chi connectivity index (χ0v) is 18.5. The number of carbonyl (C=O) groups excluding carboxylic acids is 3. The van der Waals surface area contributed by atoms with E-state index in [-0.39, 0.29) is 28.1 Å². The zero-order valence-electron chi connectivity index (χ0n) is 17.7. The van der Waals surface area contributed by atoms with E-state index in [1.54, 1.807) is 36.4 Å². The minimum atomic E-state index is -0.359. The Kier molecular flexibility index (Phi) is 7.15. The van der Waals surface area contributed by atoms with Gasteiger partial charge in [-0.1, -0.05) is 60.1 Å². The number of rotatable bonds is 8. The summed E-state index contributed by atoms with van der Waals surface area (Å²) in [4.78, 5) is 40.0. The van der Waals surface area contributed by atoms with Gasteiger partial charge in [0.15, 0.2) is 5.78 Å². The van der Waals surface area contributed by atoms with Gasteiger partial charge in [-0.05, 0) is 18.5 Å². The number of benzene rings is 2.